The van der Waals surface area contributed by atoms with E-state index in [1.807, 2.05) is 0 Å². The Hall–Kier alpha value is -4.47. The summed E-state index contributed by atoms with van der Waals surface area (Å²) in [7, 11) is 1.57. The van der Waals surface area contributed by atoms with Gasteiger partial charge in [-0.3, -0.25) is 14.8 Å². The second kappa shape index (κ2) is 9.65. The van der Waals surface area contributed by atoms with Crippen molar-refractivity contribution in [2.75, 3.05) is 10.6 Å². The highest BCUT2D eigenvalue weighted by molar-refractivity contribution is 5.95. The van der Waals surface area contributed by atoms with Gasteiger partial charge in [0.25, 0.3) is 0 Å². The van der Waals surface area contributed by atoms with Gasteiger partial charge in [-0.25, -0.2) is 24.1 Å². The minimum Gasteiger partial charge on any atom is -0.441 e. The third kappa shape index (κ3) is 4.97. The summed E-state index contributed by atoms with van der Waals surface area (Å²) in [5.41, 5.74) is -0.0824. The minimum atomic E-state index is -1.12. The molecule has 2 amide bonds. The van der Waals surface area contributed by atoms with Crippen LogP contribution in [0.2, 0.25) is 0 Å². The van der Waals surface area contributed by atoms with E-state index in [0.717, 1.165) is 12.3 Å². The van der Waals surface area contributed by atoms with Crippen LogP contribution in [0.1, 0.15) is 38.4 Å². The zero-order valence-electron chi connectivity index (χ0n) is 19.6. The molecule has 2 N–H and O–H groups in total. The molecule has 1 aliphatic carbocycles. The van der Waals surface area contributed by atoms with Crippen LogP contribution < -0.4 is 10.6 Å². The van der Waals surface area contributed by atoms with E-state index in [9.17, 15) is 18.4 Å². The van der Waals surface area contributed by atoms with E-state index in [-0.39, 0.29) is 29.0 Å². The van der Waals surface area contributed by atoms with E-state index in [1.54, 1.807) is 14.0 Å². The monoisotopic (exact) mass is 496 g/mol. The molecule has 36 heavy (non-hydrogen) atoms. The van der Waals surface area contributed by atoms with E-state index in [4.69, 9.17) is 10.00 Å². The van der Waals surface area contributed by atoms with Gasteiger partial charge in [-0.1, -0.05) is 6.92 Å². The predicted molar refractivity (Wildman–Crippen MR) is 122 cm³/mol. The maximum absolute atomic E-state index is 13.9. The number of ether oxygens (including phenoxy) is 1. The molecule has 1 atom stereocenters. The van der Waals surface area contributed by atoms with Crippen molar-refractivity contribution in [3.63, 3.8) is 0 Å². The van der Waals surface area contributed by atoms with E-state index >= 15 is 0 Å². The molecule has 1 saturated carbocycles. The number of amides is 2. The highest BCUT2D eigenvalue weighted by Gasteiger charge is 2.46. The zero-order valence-corrected chi connectivity index (χ0v) is 19.6. The van der Waals surface area contributed by atoms with E-state index in [1.165, 1.54) is 30.2 Å². The molecule has 13 heteroatoms. The number of aryl methyl sites for hydroxylation is 1. The standard InChI is InChI=1S/C23H22F2N8O3/c1-12(16-4-14(24)8-27-18(16)25)36-22(35)32-20-17(11-30-33(20)3)19-28-9-15(10-29-19)31-21(34)23(2)5-13(6-23)7-26/h4,8-13H,5-6H2,1-3H3,(H,31,34)(H,32,35)/t12-,13?,23?/m1/s1. The molecule has 3 aromatic heterocycles. The number of pyridine rings is 1. The second-order valence-corrected chi connectivity index (χ2v) is 8.78. The van der Waals surface area contributed by atoms with Gasteiger partial charge in [0.2, 0.25) is 11.9 Å². The Kier molecular flexibility index (Phi) is 6.61. The molecule has 0 unspecified atom stereocenters. The van der Waals surface area contributed by atoms with Crippen LogP contribution in [0.3, 0.4) is 0 Å². The van der Waals surface area contributed by atoms with Crippen molar-refractivity contribution in [1.29, 1.82) is 5.26 Å². The van der Waals surface area contributed by atoms with Gasteiger partial charge >= 0.3 is 6.09 Å². The molecule has 0 saturated heterocycles. The maximum Gasteiger partial charge on any atom is 0.413 e. The Balaban J connectivity index is 1.43. The van der Waals surface area contributed by atoms with Crippen molar-refractivity contribution < 1.29 is 23.1 Å². The van der Waals surface area contributed by atoms with Crippen LogP contribution in [0.5, 0.6) is 0 Å². The molecule has 0 aromatic carbocycles. The molecule has 1 aliphatic rings. The molecule has 3 aromatic rings. The fraction of sp³-hybridized carbons (Fsp3) is 0.348. The summed E-state index contributed by atoms with van der Waals surface area (Å²) in [6.45, 7) is 3.18. The topological polar surface area (TPSA) is 148 Å². The molecule has 186 valence electrons. The predicted octanol–water partition coefficient (Wildman–Crippen LogP) is 3.74. The van der Waals surface area contributed by atoms with Crippen LogP contribution in [-0.4, -0.2) is 36.7 Å². The number of hydrogen-bond donors (Lipinski definition) is 2. The van der Waals surface area contributed by atoms with Gasteiger partial charge in [0.05, 0.1) is 47.7 Å². The highest BCUT2D eigenvalue weighted by atomic mass is 19.1. The average molecular weight is 496 g/mol. The van der Waals surface area contributed by atoms with Crippen LogP contribution in [-0.2, 0) is 16.6 Å². The molecular weight excluding hydrogens is 474 g/mol. The van der Waals surface area contributed by atoms with Gasteiger partial charge < -0.3 is 10.1 Å². The SMILES string of the molecule is C[C@@H](OC(=O)Nc1c(-c2ncc(NC(=O)C3(C)CC(C#N)C3)cn2)cnn1C)c1cc(F)cnc1F. The van der Waals surface area contributed by atoms with Gasteiger partial charge in [-0.2, -0.15) is 14.8 Å². The van der Waals surface area contributed by atoms with E-state index in [0.29, 0.717) is 24.1 Å². The zero-order chi connectivity index (χ0) is 26.0. The molecule has 1 fully saturated rings. The van der Waals surface area contributed by atoms with Crippen molar-refractivity contribution in [2.45, 2.75) is 32.8 Å². The summed E-state index contributed by atoms with van der Waals surface area (Å²) in [5, 5.41) is 18.3. The van der Waals surface area contributed by atoms with Crippen LogP contribution >= 0.6 is 0 Å². The summed E-state index contributed by atoms with van der Waals surface area (Å²) < 4.78 is 33.8. The number of aromatic nitrogens is 5. The Morgan fingerprint density at radius 2 is 1.89 bits per heavy atom. The van der Waals surface area contributed by atoms with Crippen LogP contribution in [0.15, 0.2) is 30.9 Å². The number of rotatable bonds is 6. The first kappa shape index (κ1) is 24.6. The third-order valence-electron chi connectivity index (χ3n) is 5.99. The van der Waals surface area contributed by atoms with Crippen molar-refractivity contribution in [2.24, 2.45) is 18.4 Å². The molecule has 0 radical (unpaired) electrons. The first-order valence-corrected chi connectivity index (χ1v) is 10.9. The lowest BCUT2D eigenvalue weighted by atomic mass is 9.63. The van der Waals surface area contributed by atoms with Gasteiger partial charge in [-0.05, 0) is 25.8 Å². The number of carbonyl (C=O) groups excluding carboxylic acids is 2. The fourth-order valence-electron chi connectivity index (χ4n) is 3.94. The van der Waals surface area contributed by atoms with Crippen molar-refractivity contribution >= 4 is 23.5 Å². The van der Waals surface area contributed by atoms with E-state index in [2.05, 4.69) is 36.8 Å². The van der Waals surface area contributed by atoms with Gasteiger partial charge in [0.1, 0.15) is 17.7 Å². The average Bonchev–Trinajstić information content (AvgIpc) is 3.18. The van der Waals surface area contributed by atoms with Crippen LogP contribution in [0.25, 0.3) is 11.4 Å². The van der Waals surface area contributed by atoms with Gasteiger partial charge in [0, 0.05) is 18.4 Å². The molecule has 11 nitrogen and oxygen atoms in total. The van der Waals surface area contributed by atoms with Crippen molar-refractivity contribution in [3.05, 3.63) is 48.2 Å². The summed E-state index contributed by atoms with van der Waals surface area (Å²) in [6.07, 6.45) is 3.92. The third-order valence-corrected chi connectivity index (χ3v) is 5.99. The Morgan fingerprint density at radius 1 is 1.19 bits per heavy atom. The lowest BCUT2D eigenvalue weighted by molar-refractivity contribution is -0.130. The number of anilines is 2. The van der Waals surface area contributed by atoms with Crippen molar-refractivity contribution in [1.82, 2.24) is 24.7 Å². The smallest absolute Gasteiger partial charge is 0.413 e. The molecule has 0 spiro atoms. The number of nitriles is 1. The molecule has 4 rings (SSSR count). The number of nitrogens with one attached hydrogen (secondary N) is 2. The van der Waals surface area contributed by atoms with Gasteiger partial charge in [0.15, 0.2) is 5.82 Å². The second-order valence-electron chi connectivity index (χ2n) is 8.78. The highest BCUT2D eigenvalue weighted by Crippen LogP contribution is 2.45. The van der Waals surface area contributed by atoms with Crippen LogP contribution in [0.4, 0.5) is 25.1 Å². The largest absolute Gasteiger partial charge is 0.441 e. The Labute approximate surface area is 204 Å². The Bertz CT molecular complexity index is 1350. The number of hydrogen-bond acceptors (Lipinski definition) is 8. The van der Waals surface area contributed by atoms with Crippen LogP contribution in [0, 0.1) is 34.4 Å². The molecule has 0 bridgehead atoms. The number of nitrogens with zero attached hydrogens (tertiary/aromatic N) is 6. The molecule has 3 heterocycles. The lowest BCUT2D eigenvalue weighted by Gasteiger charge is -2.40. The summed E-state index contributed by atoms with van der Waals surface area (Å²) in [6, 6.07) is 3.06. The number of halogens is 2. The number of carbonyl (C=O) groups is 2. The summed E-state index contributed by atoms with van der Waals surface area (Å²) >= 11 is 0. The van der Waals surface area contributed by atoms with E-state index < -0.39 is 29.4 Å². The first-order chi connectivity index (χ1) is 17.1. The van der Waals surface area contributed by atoms with Crippen molar-refractivity contribution in [3.8, 4) is 17.5 Å². The normalized spacial score (nSPS) is 19.5. The lowest BCUT2D eigenvalue weighted by Crippen LogP contribution is -2.44. The summed E-state index contributed by atoms with van der Waals surface area (Å²) in [4.78, 5) is 36.8. The molecule has 0 aliphatic heterocycles. The quantitative estimate of drug-likeness (QED) is 0.491. The fourth-order valence-corrected chi connectivity index (χ4v) is 3.94. The summed E-state index contributed by atoms with van der Waals surface area (Å²) in [5.74, 6) is -1.63. The van der Waals surface area contributed by atoms with Gasteiger partial charge in [-0.15, -0.1) is 0 Å². The first-order valence-electron chi connectivity index (χ1n) is 10.9. The molecular formula is C23H22F2N8O3. The Morgan fingerprint density at radius 3 is 2.56 bits per heavy atom. The maximum atomic E-state index is 13.9. The minimum absolute atomic E-state index is 0.116.